The highest BCUT2D eigenvalue weighted by atomic mass is 32.1. The normalized spacial score (nSPS) is 12.1. The van der Waals surface area contributed by atoms with Gasteiger partial charge in [0.25, 0.3) is 0 Å². The highest BCUT2D eigenvalue weighted by Crippen LogP contribution is 2.17. The van der Waals surface area contributed by atoms with Gasteiger partial charge >= 0.3 is 5.97 Å². The molecule has 0 saturated carbocycles. The van der Waals surface area contributed by atoms with Gasteiger partial charge in [-0.25, -0.2) is 9.78 Å². The number of carboxylic acid groups (broad SMARTS) is 1. The molecule has 0 radical (unpaired) electrons. The van der Waals surface area contributed by atoms with Crippen LogP contribution in [0.25, 0.3) is 0 Å². The Morgan fingerprint density at radius 2 is 2.54 bits per heavy atom. The molecule has 70 valence electrons. The number of carbonyl (C=O) groups excluding carboxylic acids is 1. The van der Waals surface area contributed by atoms with Crippen LogP contribution in [0.3, 0.4) is 0 Å². The predicted octanol–water partition coefficient (Wildman–Crippen LogP) is 0.648. The lowest BCUT2D eigenvalue weighted by Gasteiger charge is -2.04. The Morgan fingerprint density at radius 3 is 3.00 bits per heavy atom. The second-order valence-electron chi connectivity index (χ2n) is 2.38. The third-order valence-corrected chi connectivity index (χ3v) is 2.46. The number of aromatic carboxylic acids is 1. The minimum absolute atomic E-state index is 0.0135. The Bertz CT molecular complexity index is 323. The Labute approximate surface area is 78.4 Å². The molecule has 0 bridgehead atoms. The average molecular weight is 200 g/mol. The summed E-state index contributed by atoms with van der Waals surface area (Å²) in [5.74, 6) is -1.05. The van der Waals surface area contributed by atoms with Crippen LogP contribution in [-0.2, 0) is 4.79 Å². The van der Waals surface area contributed by atoms with E-state index in [1.165, 1.54) is 16.7 Å². The lowest BCUT2D eigenvalue weighted by molar-refractivity contribution is -0.110. The molecule has 1 aromatic heterocycles. The van der Waals surface area contributed by atoms with Gasteiger partial charge in [-0.15, -0.1) is 11.3 Å². The fourth-order valence-corrected chi connectivity index (χ4v) is 1.57. The number of nitrogens with one attached hydrogen (secondary N) is 1. The summed E-state index contributed by atoms with van der Waals surface area (Å²) in [7, 11) is 0. The quantitative estimate of drug-likeness (QED) is 0.699. The molecular weight excluding hydrogens is 192 g/mol. The summed E-state index contributed by atoms with van der Waals surface area (Å²) in [5.41, 5.74) is 0.0135. The maximum absolute atomic E-state index is 10.4. The van der Waals surface area contributed by atoms with Crippen molar-refractivity contribution >= 4 is 23.7 Å². The molecule has 1 heterocycles. The Morgan fingerprint density at radius 1 is 1.85 bits per heavy atom. The van der Waals surface area contributed by atoms with Crippen LogP contribution in [0.1, 0.15) is 28.5 Å². The minimum atomic E-state index is -1.05. The smallest absolute Gasteiger partial charge is 0.355 e. The molecule has 0 fully saturated rings. The monoisotopic (exact) mass is 200 g/mol. The first-order chi connectivity index (χ1) is 6.15. The first kappa shape index (κ1) is 9.66. The number of carbonyl (C=O) groups is 2. The van der Waals surface area contributed by atoms with Crippen LogP contribution < -0.4 is 5.32 Å². The van der Waals surface area contributed by atoms with E-state index in [0.29, 0.717) is 11.4 Å². The molecule has 1 amide bonds. The summed E-state index contributed by atoms with van der Waals surface area (Å²) < 4.78 is 0. The van der Waals surface area contributed by atoms with E-state index >= 15 is 0 Å². The van der Waals surface area contributed by atoms with Crippen molar-refractivity contribution in [2.24, 2.45) is 0 Å². The summed E-state index contributed by atoms with van der Waals surface area (Å²) in [5, 5.41) is 13.1. The third-order valence-electron chi connectivity index (χ3n) is 1.43. The highest BCUT2D eigenvalue weighted by Gasteiger charge is 2.12. The van der Waals surface area contributed by atoms with Gasteiger partial charge in [-0.1, -0.05) is 0 Å². The van der Waals surface area contributed by atoms with E-state index < -0.39 is 5.97 Å². The van der Waals surface area contributed by atoms with Crippen molar-refractivity contribution in [3.8, 4) is 0 Å². The van der Waals surface area contributed by atoms with E-state index in [1.807, 2.05) is 0 Å². The molecule has 0 aliphatic rings. The van der Waals surface area contributed by atoms with Gasteiger partial charge in [0, 0.05) is 5.38 Å². The molecule has 0 saturated heterocycles. The maximum Gasteiger partial charge on any atom is 0.355 e. The summed E-state index contributed by atoms with van der Waals surface area (Å²) >= 11 is 1.21. The number of carboxylic acids is 1. The fourth-order valence-electron chi connectivity index (χ4n) is 0.758. The van der Waals surface area contributed by atoms with Crippen molar-refractivity contribution in [3.05, 3.63) is 16.1 Å². The number of aromatic nitrogens is 1. The van der Waals surface area contributed by atoms with Gasteiger partial charge in [0.1, 0.15) is 5.01 Å². The van der Waals surface area contributed by atoms with E-state index in [0.717, 1.165) is 0 Å². The van der Waals surface area contributed by atoms with Gasteiger partial charge in [0.15, 0.2) is 5.69 Å². The van der Waals surface area contributed by atoms with E-state index in [4.69, 9.17) is 5.11 Å². The van der Waals surface area contributed by atoms with Crippen molar-refractivity contribution < 1.29 is 14.7 Å². The highest BCUT2D eigenvalue weighted by molar-refractivity contribution is 7.09. The molecule has 2 N–H and O–H groups in total. The molecule has 6 heteroatoms. The lowest BCUT2D eigenvalue weighted by atomic mass is 10.3. The largest absolute Gasteiger partial charge is 0.476 e. The minimum Gasteiger partial charge on any atom is -0.476 e. The molecule has 1 atom stereocenters. The summed E-state index contributed by atoms with van der Waals surface area (Å²) in [6.07, 6.45) is 0.562. The second kappa shape index (κ2) is 3.99. The zero-order valence-corrected chi connectivity index (χ0v) is 7.67. The van der Waals surface area contributed by atoms with Crippen LogP contribution in [-0.4, -0.2) is 22.5 Å². The number of amides is 1. The summed E-state index contributed by atoms with van der Waals surface area (Å²) in [6.45, 7) is 1.73. The van der Waals surface area contributed by atoms with Gasteiger partial charge < -0.3 is 10.4 Å². The molecule has 0 aliphatic heterocycles. The van der Waals surface area contributed by atoms with Gasteiger partial charge in [0.05, 0.1) is 6.04 Å². The molecular formula is C7H8N2O3S. The van der Waals surface area contributed by atoms with Crippen molar-refractivity contribution in [3.63, 3.8) is 0 Å². The zero-order valence-electron chi connectivity index (χ0n) is 6.85. The molecule has 1 aromatic rings. The van der Waals surface area contributed by atoms with Crippen LogP contribution in [0.5, 0.6) is 0 Å². The number of hydrogen-bond acceptors (Lipinski definition) is 4. The van der Waals surface area contributed by atoms with E-state index in [2.05, 4.69) is 10.3 Å². The summed E-state index contributed by atoms with van der Waals surface area (Å²) in [4.78, 5) is 24.4. The maximum atomic E-state index is 10.4. The Balaban J connectivity index is 2.78. The zero-order chi connectivity index (χ0) is 9.84. The van der Waals surface area contributed by atoms with Crippen LogP contribution in [0.2, 0.25) is 0 Å². The van der Waals surface area contributed by atoms with Crippen molar-refractivity contribution in [1.29, 1.82) is 0 Å². The van der Waals surface area contributed by atoms with Crippen molar-refractivity contribution in [2.75, 3.05) is 0 Å². The summed E-state index contributed by atoms with van der Waals surface area (Å²) in [6, 6.07) is -0.240. The van der Waals surface area contributed by atoms with E-state index in [-0.39, 0.29) is 11.7 Å². The molecule has 0 spiro atoms. The van der Waals surface area contributed by atoms with E-state index in [1.54, 1.807) is 6.92 Å². The standard InChI is InChI=1S/C7H8N2O3S/c1-4(8-3-10)6-9-5(2-13-6)7(11)12/h2-4H,1H3,(H,8,10)(H,11,12). The number of nitrogens with zero attached hydrogens (tertiary/aromatic N) is 1. The number of thiazole rings is 1. The molecule has 13 heavy (non-hydrogen) atoms. The SMILES string of the molecule is CC(NC=O)c1nc(C(=O)O)cs1. The molecule has 1 rings (SSSR count). The van der Waals surface area contributed by atoms with Crippen molar-refractivity contribution in [2.45, 2.75) is 13.0 Å². The molecule has 1 unspecified atom stereocenters. The van der Waals surface area contributed by atoms with Crippen LogP contribution in [0, 0.1) is 0 Å². The van der Waals surface area contributed by atoms with Gasteiger partial charge in [-0.05, 0) is 6.92 Å². The topological polar surface area (TPSA) is 79.3 Å². The molecule has 0 aromatic carbocycles. The number of hydrogen-bond donors (Lipinski definition) is 2. The van der Waals surface area contributed by atoms with Crippen molar-refractivity contribution in [1.82, 2.24) is 10.3 Å². The predicted molar refractivity (Wildman–Crippen MR) is 46.7 cm³/mol. The van der Waals surface area contributed by atoms with Gasteiger partial charge in [-0.3, -0.25) is 4.79 Å². The second-order valence-corrected chi connectivity index (χ2v) is 3.27. The third kappa shape index (κ3) is 2.25. The Kier molecular flexibility index (Phi) is 2.97. The Hall–Kier alpha value is -1.43. The average Bonchev–Trinajstić information content (AvgIpc) is 2.52. The van der Waals surface area contributed by atoms with E-state index in [9.17, 15) is 9.59 Å². The molecule has 0 aliphatic carbocycles. The van der Waals surface area contributed by atoms with Crippen LogP contribution >= 0.6 is 11.3 Å². The lowest BCUT2D eigenvalue weighted by Crippen LogP contribution is -2.16. The molecule has 5 nitrogen and oxygen atoms in total. The van der Waals surface area contributed by atoms with Crippen LogP contribution in [0.15, 0.2) is 5.38 Å². The first-order valence-electron chi connectivity index (χ1n) is 3.53. The van der Waals surface area contributed by atoms with Crippen LogP contribution in [0.4, 0.5) is 0 Å². The number of rotatable bonds is 4. The first-order valence-corrected chi connectivity index (χ1v) is 4.41. The van der Waals surface area contributed by atoms with Gasteiger partial charge in [0.2, 0.25) is 6.41 Å². The fraction of sp³-hybridized carbons (Fsp3) is 0.286. The van der Waals surface area contributed by atoms with Gasteiger partial charge in [-0.2, -0.15) is 0 Å².